The van der Waals surface area contributed by atoms with Gasteiger partial charge in [-0.1, -0.05) is 44.0 Å². The largest absolute Gasteiger partial charge is 0.309 e. The number of benzene rings is 1. The molecule has 2 nitrogen and oxygen atoms in total. The molecule has 0 amide bonds. The fraction of sp³-hybridized carbons (Fsp3) is 0.667. The minimum Gasteiger partial charge on any atom is -0.309 e. The van der Waals surface area contributed by atoms with Crippen LogP contribution in [-0.2, 0) is 17.2 Å². The quantitative estimate of drug-likeness (QED) is 0.900. The molecule has 0 radical (unpaired) electrons. The van der Waals surface area contributed by atoms with Gasteiger partial charge >= 0.3 is 0 Å². The summed E-state index contributed by atoms with van der Waals surface area (Å²) in [6.45, 7) is 3.09. The van der Waals surface area contributed by atoms with E-state index in [1.54, 1.807) is 0 Å². The lowest BCUT2D eigenvalue weighted by atomic mass is 9.87. The van der Waals surface area contributed by atoms with Crippen LogP contribution < -0.4 is 5.32 Å². The third kappa shape index (κ3) is 3.40. The Morgan fingerprint density at radius 1 is 1.19 bits per heavy atom. The summed E-state index contributed by atoms with van der Waals surface area (Å²) < 4.78 is 12.9. The maximum absolute atomic E-state index is 12.9. The molecule has 3 unspecified atom stereocenters. The van der Waals surface area contributed by atoms with Gasteiger partial charge in [0.25, 0.3) is 0 Å². The highest BCUT2D eigenvalue weighted by Gasteiger charge is 2.34. The first-order chi connectivity index (χ1) is 10.3. The summed E-state index contributed by atoms with van der Waals surface area (Å²) in [6.07, 6.45) is 7.41. The van der Waals surface area contributed by atoms with E-state index < -0.39 is 10.8 Å². The van der Waals surface area contributed by atoms with Crippen LogP contribution in [0.5, 0.6) is 0 Å². The number of rotatable bonds is 5. The molecule has 0 spiro atoms. The molecule has 3 rings (SSSR count). The van der Waals surface area contributed by atoms with E-state index in [1.807, 2.05) is 0 Å². The van der Waals surface area contributed by atoms with Crippen molar-refractivity contribution >= 4 is 10.8 Å². The molecule has 1 aromatic carbocycles. The van der Waals surface area contributed by atoms with Crippen LogP contribution in [0.4, 0.5) is 0 Å². The van der Waals surface area contributed by atoms with Crippen molar-refractivity contribution in [2.75, 3.05) is 12.3 Å². The average Bonchev–Trinajstić information content (AvgIpc) is 3.00. The van der Waals surface area contributed by atoms with E-state index in [-0.39, 0.29) is 6.04 Å². The summed E-state index contributed by atoms with van der Waals surface area (Å²) in [6, 6.07) is 8.97. The van der Waals surface area contributed by atoms with E-state index in [4.69, 9.17) is 0 Å². The van der Waals surface area contributed by atoms with Gasteiger partial charge in [0.2, 0.25) is 0 Å². The zero-order valence-corrected chi connectivity index (χ0v) is 13.8. The Labute approximate surface area is 131 Å². The smallest absolute Gasteiger partial charge is 0.0546 e. The molecular formula is C18H27NOS. The van der Waals surface area contributed by atoms with Crippen molar-refractivity contribution in [3.05, 3.63) is 35.4 Å². The van der Waals surface area contributed by atoms with Gasteiger partial charge in [-0.2, -0.15) is 0 Å². The van der Waals surface area contributed by atoms with Crippen LogP contribution in [0.3, 0.4) is 0 Å². The second-order valence-electron chi connectivity index (χ2n) is 6.51. The van der Waals surface area contributed by atoms with Crippen molar-refractivity contribution in [3.63, 3.8) is 0 Å². The first-order valence-corrected chi connectivity index (χ1v) is 9.86. The lowest BCUT2D eigenvalue weighted by molar-refractivity contribution is 0.471. The summed E-state index contributed by atoms with van der Waals surface area (Å²) in [5, 5.41) is 3.90. The highest BCUT2D eigenvalue weighted by Crippen LogP contribution is 2.35. The summed E-state index contributed by atoms with van der Waals surface area (Å²) in [7, 11) is -0.698. The topological polar surface area (TPSA) is 29.1 Å². The molecule has 2 aliphatic rings. The first-order valence-electron chi connectivity index (χ1n) is 8.48. The Morgan fingerprint density at radius 2 is 1.95 bits per heavy atom. The second kappa shape index (κ2) is 7.06. The van der Waals surface area contributed by atoms with Gasteiger partial charge in [0, 0.05) is 22.6 Å². The van der Waals surface area contributed by atoms with Gasteiger partial charge in [-0.25, -0.2) is 0 Å². The van der Waals surface area contributed by atoms with E-state index in [0.717, 1.165) is 25.1 Å². The van der Waals surface area contributed by atoms with Crippen LogP contribution in [0.25, 0.3) is 0 Å². The average molecular weight is 305 g/mol. The molecule has 3 atom stereocenters. The van der Waals surface area contributed by atoms with Crippen molar-refractivity contribution in [1.29, 1.82) is 0 Å². The Bertz CT molecular complexity index is 496. The van der Waals surface area contributed by atoms with Crippen molar-refractivity contribution in [2.24, 2.45) is 5.92 Å². The SMILES string of the molecule is CCNC1c2ccccc2CCC1S(=O)CC1CCCC1. The van der Waals surface area contributed by atoms with Crippen LogP contribution >= 0.6 is 0 Å². The van der Waals surface area contributed by atoms with Gasteiger partial charge in [-0.15, -0.1) is 0 Å². The van der Waals surface area contributed by atoms with E-state index in [1.165, 1.54) is 36.8 Å². The lowest BCUT2D eigenvalue weighted by Gasteiger charge is -2.34. The summed E-state index contributed by atoms with van der Waals surface area (Å²) in [4.78, 5) is 0. The summed E-state index contributed by atoms with van der Waals surface area (Å²) in [5.74, 6) is 1.64. The van der Waals surface area contributed by atoms with Gasteiger partial charge in [-0.3, -0.25) is 4.21 Å². The van der Waals surface area contributed by atoms with Gasteiger partial charge in [0.05, 0.1) is 5.25 Å². The van der Waals surface area contributed by atoms with Crippen LogP contribution in [0.2, 0.25) is 0 Å². The predicted octanol–water partition coefficient (Wildman–Crippen LogP) is 3.59. The van der Waals surface area contributed by atoms with Crippen LogP contribution in [0, 0.1) is 5.92 Å². The number of aryl methyl sites for hydroxylation is 1. The van der Waals surface area contributed by atoms with E-state index in [0.29, 0.717) is 11.2 Å². The molecule has 116 valence electrons. The Morgan fingerprint density at radius 3 is 2.71 bits per heavy atom. The number of hydrogen-bond acceptors (Lipinski definition) is 2. The van der Waals surface area contributed by atoms with Gasteiger partial charge in [-0.05, 0) is 49.3 Å². The number of nitrogens with one attached hydrogen (secondary N) is 1. The second-order valence-corrected chi connectivity index (χ2v) is 8.21. The lowest BCUT2D eigenvalue weighted by Crippen LogP contribution is -2.39. The molecule has 1 N–H and O–H groups in total. The third-order valence-corrected chi connectivity index (χ3v) is 7.08. The molecule has 1 aromatic rings. The van der Waals surface area contributed by atoms with E-state index in [9.17, 15) is 4.21 Å². The molecule has 21 heavy (non-hydrogen) atoms. The van der Waals surface area contributed by atoms with Crippen molar-refractivity contribution in [3.8, 4) is 0 Å². The Hall–Kier alpha value is -0.670. The zero-order valence-electron chi connectivity index (χ0n) is 13.0. The van der Waals surface area contributed by atoms with Crippen LogP contribution in [-0.4, -0.2) is 21.8 Å². The normalized spacial score (nSPS) is 27.5. The van der Waals surface area contributed by atoms with Crippen molar-refractivity contribution in [2.45, 2.75) is 56.7 Å². The van der Waals surface area contributed by atoms with E-state index in [2.05, 4.69) is 36.5 Å². The maximum atomic E-state index is 12.9. The maximum Gasteiger partial charge on any atom is 0.0546 e. The predicted molar refractivity (Wildman–Crippen MR) is 89.9 cm³/mol. The molecule has 0 aromatic heterocycles. The molecule has 0 bridgehead atoms. The monoisotopic (exact) mass is 305 g/mol. The van der Waals surface area contributed by atoms with Crippen LogP contribution in [0.15, 0.2) is 24.3 Å². The highest BCUT2D eigenvalue weighted by molar-refractivity contribution is 7.85. The molecule has 3 heteroatoms. The fourth-order valence-electron chi connectivity index (χ4n) is 4.01. The minimum absolute atomic E-state index is 0.280. The summed E-state index contributed by atoms with van der Waals surface area (Å²) >= 11 is 0. The van der Waals surface area contributed by atoms with Gasteiger partial charge in [0.1, 0.15) is 0 Å². The Kier molecular flexibility index (Phi) is 5.12. The molecule has 0 saturated heterocycles. The standard InChI is InChI=1S/C18H27NOS/c1-2-19-18-16-10-6-5-9-15(16)11-12-17(18)21(20)13-14-7-3-4-8-14/h5-6,9-10,14,17-19H,2-4,7-8,11-13H2,1H3. The van der Waals surface area contributed by atoms with Gasteiger partial charge in [0.15, 0.2) is 0 Å². The Balaban J connectivity index is 1.76. The minimum atomic E-state index is -0.698. The van der Waals surface area contributed by atoms with Crippen molar-refractivity contribution < 1.29 is 4.21 Å². The molecular weight excluding hydrogens is 278 g/mol. The fourth-order valence-corrected chi connectivity index (χ4v) is 5.98. The van der Waals surface area contributed by atoms with Gasteiger partial charge < -0.3 is 5.32 Å². The van der Waals surface area contributed by atoms with E-state index >= 15 is 0 Å². The highest BCUT2D eigenvalue weighted by atomic mass is 32.2. The van der Waals surface area contributed by atoms with Crippen LogP contribution in [0.1, 0.15) is 56.2 Å². The molecule has 2 aliphatic carbocycles. The number of fused-ring (bicyclic) bond motifs is 1. The molecule has 0 aliphatic heterocycles. The molecule has 0 heterocycles. The third-order valence-electron chi connectivity index (χ3n) is 5.10. The number of hydrogen-bond donors (Lipinski definition) is 1. The first kappa shape index (κ1) is 15.2. The molecule has 1 saturated carbocycles. The molecule has 1 fully saturated rings. The zero-order chi connectivity index (χ0) is 14.7. The van der Waals surface area contributed by atoms with Crippen molar-refractivity contribution in [1.82, 2.24) is 5.32 Å². The summed E-state index contributed by atoms with van der Waals surface area (Å²) in [5.41, 5.74) is 2.83.